The fourth-order valence-electron chi connectivity index (χ4n) is 2.46. The van der Waals surface area contributed by atoms with E-state index in [0.29, 0.717) is 5.88 Å². The van der Waals surface area contributed by atoms with E-state index in [0.717, 1.165) is 16.2 Å². The molecular weight excluding hydrogens is 265 g/mol. The first-order chi connectivity index (χ1) is 9.84. The summed E-state index contributed by atoms with van der Waals surface area (Å²) in [6, 6.07) is 8.05. The second-order valence-electron chi connectivity index (χ2n) is 6.39. The molecule has 1 aliphatic rings. The Labute approximate surface area is 125 Å². The van der Waals surface area contributed by atoms with Crippen molar-refractivity contribution in [2.45, 2.75) is 38.9 Å². The summed E-state index contributed by atoms with van der Waals surface area (Å²) in [6.45, 7) is 8.23. The SMILES string of the molecule is COc1nccc2cc(B3OC(C)(C)C(C)(C)O3)ccc12. The highest BCUT2D eigenvalue weighted by atomic mass is 16.7. The van der Waals surface area contributed by atoms with Gasteiger partial charge in [-0.1, -0.05) is 12.1 Å². The molecule has 21 heavy (non-hydrogen) atoms. The van der Waals surface area contributed by atoms with Gasteiger partial charge in [0.15, 0.2) is 0 Å². The molecule has 0 unspecified atom stereocenters. The molecule has 0 bridgehead atoms. The molecule has 4 nitrogen and oxygen atoms in total. The molecule has 5 heteroatoms. The van der Waals surface area contributed by atoms with Crippen molar-refractivity contribution in [2.75, 3.05) is 7.11 Å². The lowest BCUT2D eigenvalue weighted by Crippen LogP contribution is -2.41. The van der Waals surface area contributed by atoms with Crippen molar-refractivity contribution in [3.8, 4) is 5.88 Å². The molecule has 110 valence electrons. The third-order valence-corrected chi connectivity index (χ3v) is 4.47. The van der Waals surface area contributed by atoms with Gasteiger partial charge in [0.05, 0.1) is 18.3 Å². The lowest BCUT2D eigenvalue weighted by Gasteiger charge is -2.32. The second kappa shape index (κ2) is 4.72. The van der Waals surface area contributed by atoms with Crippen LogP contribution >= 0.6 is 0 Å². The maximum Gasteiger partial charge on any atom is 0.494 e. The normalized spacial score (nSPS) is 20.0. The molecule has 2 heterocycles. The maximum absolute atomic E-state index is 6.09. The van der Waals surface area contributed by atoms with Crippen molar-refractivity contribution in [1.82, 2.24) is 4.98 Å². The van der Waals surface area contributed by atoms with Crippen LogP contribution < -0.4 is 10.2 Å². The zero-order valence-electron chi connectivity index (χ0n) is 13.1. The number of rotatable bonds is 2. The zero-order chi connectivity index (χ0) is 15.3. The van der Waals surface area contributed by atoms with Gasteiger partial charge in [0.2, 0.25) is 5.88 Å². The molecule has 1 fully saturated rings. The van der Waals surface area contributed by atoms with Crippen molar-refractivity contribution in [1.29, 1.82) is 0 Å². The zero-order valence-corrected chi connectivity index (χ0v) is 13.1. The standard InChI is InChI=1S/C16H20BNO3/c1-15(2)16(3,4)21-17(20-15)12-6-7-13-11(10-12)8-9-18-14(13)19-5/h6-10H,1-5H3. The van der Waals surface area contributed by atoms with E-state index in [4.69, 9.17) is 14.0 Å². The van der Waals surface area contributed by atoms with Crippen LogP contribution in [0.1, 0.15) is 27.7 Å². The minimum Gasteiger partial charge on any atom is -0.481 e. The molecule has 1 aromatic heterocycles. The third kappa shape index (κ3) is 2.30. The summed E-state index contributed by atoms with van der Waals surface area (Å²) in [5.74, 6) is 0.632. The molecule has 0 aliphatic carbocycles. The maximum atomic E-state index is 6.09. The molecule has 1 aromatic carbocycles. The van der Waals surface area contributed by atoms with Crippen molar-refractivity contribution in [3.63, 3.8) is 0 Å². The molecule has 1 saturated heterocycles. The van der Waals surface area contributed by atoms with Crippen LogP contribution in [0.3, 0.4) is 0 Å². The van der Waals surface area contributed by atoms with E-state index in [9.17, 15) is 0 Å². The van der Waals surface area contributed by atoms with Crippen molar-refractivity contribution < 1.29 is 14.0 Å². The third-order valence-electron chi connectivity index (χ3n) is 4.47. The quantitative estimate of drug-likeness (QED) is 0.795. The fraction of sp³-hybridized carbons (Fsp3) is 0.438. The number of hydrogen-bond donors (Lipinski definition) is 0. The Hall–Kier alpha value is -1.59. The molecule has 1 aliphatic heterocycles. The Morgan fingerprint density at radius 2 is 1.71 bits per heavy atom. The Morgan fingerprint density at radius 1 is 1.05 bits per heavy atom. The van der Waals surface area contributed by atoms with Gasteiger partial charge in [-0.3, -0.25) is 0 Å². The highest BCUT2D eigenvalue weighted by Gasteiger charge is 2.51. The Balaban J connectivity index is 2.00. The molecule has 0 atom stereocenters. The summed E-state index contributed by atoms with van der Waals surface area (Å²) < 4.78 is 17.5. The van der Waals surface area contributed by atoms with E-state index in [1.165, 1.54) is 0 Å². The minimum absolute atomic E-state index is 0.331. The number of methoxy groups -OCH3 is 1. The number of pyridine rings is 1. The first-order valence-corrected chi connectivity index (χ1v) is 7.12. The van der Waals surface area contributed by atoms with Crippen LogP contribution in [0.2, 0.25) is 0 Å². The van der Waals surface area contributed by atoms with E-state index >= 15 is 0 Å². The molecule has 0 N–H and O–H groups in total. The summed E-state index contributed by atoms with van der Waals surface area (Å²) in [4.78, 5) is 4.21. The van der Waals surface area contributed by atoms with E-state index in [1.54, 1.807) is 13.3 Å². The summed E-state index contributed by atoms with van der Waals surface area (Å²) >= 11 is 0. The Bertz CT molecular complexity index is 668. The fourth-order valence-corrected chi connectivity index (χ4v) is 2.46. The number of nitrogens with zero attached hydrogens (tertiary/aromatic N) is 1. The average molecular weight is 285 g/mol. The topological polar surface area (TPSA) is 40.6 Å². The molecule has 0 amide bonds. The highest BCUT2D eigenvalue weighted by Crippen LogP contribution is 2.36. The van der Waals surface area contributed by atoms with Crippen molar-refractivity contribution in [2.24, 2.45) is 0 Å². The second-order valence-corrected chi connectivity index (χ2v) is 6.39. The van der Waals surface area contributed by atoms with E-state index in [2.05, 4.69) is 38.7 Å². The molecule has 0 saturated carbocycles. The van der Waals surface area contributed by atoms with E-state index < -0.39 is 0 Å². The summed E-state index contributed by atoms with van der Waals surface area (Å²) in [6.07, 6.45) is 1.75. The van der Waals surface area contributed by atoms with Gasteiger partial charge in [0.1, 0.15) is 0 Å². The molecule has 0 radical (unpaired) electrons. The van der Waals surface area contributed by atoms with Gasteiger partial charge in [-0.25, -0.2) is 4.98 Å². The Kier molecular flexibility index (Phi) is 3.22. The lowest BCUT2D eigenvalue weighted by molar-refractivity contribution is 0.00578. The van der Waals surface area contributed by atoms with Gasteiger partial charge < -0.3 is 14.0 Å². The van der Waals surface area contributed by atoms with Gasteiger partial charge in [0, 0.05) is 11.6 Å². The van der Waals surface area contributed by atoms with Crippen molar-refractivity contribution >= 4 is 23.4 Å². The van der Waals surface area contributed by atoms with Gasteiger partial charge >= 0.3 is 7.12 Å². The largest absolute Gasteiger partial charge is 0.494 e. The number of hydrogen-bond acceptors (Lipinski definition) is 4. The van der Waals surface area contributed by atoms with Crippen LogP contribution in [0.25, 0.3) is 10.8 Å². The van der Waals surface area contributed by atoms with Crippen LogP contribution in [0.5, 0.6) is 5.88 Å². The van der Waals surface area contributed by atoms with E-state index in [-0.39, 0.29) is 18.3 Å². The van der Waals surface area contributed by atoms with Gasteiger partial charge in [-0.05, 0) is 50.7 Å². The number of aromatic nitrogens is 1. The number of fused-ring (bicyclic) bond motifs is 1. The Morgan fingerprint density at radius 3 is 2.33 bits per heavy atom. The summed E-state index contributed by atoms with van der Waals surface area (Å²) in [5, 5.41) is 2.05. The van der Waals surface area contributed by atoms with Crippen LogP contribution in [0.4, 0.5) is 0 Å². The summed E-state index contributed by atoms with van der Waals surface area (Å²) in [7, 11) is 1.28. The minimum atomic E-state index is -0.349. The van der Waals surface area contributed by atoms with Crippen LogP contribution in [-0.4, -0.2) is 30.4 Å². The van der Waals surface area contributed by atoms with E-state index in [1.807, 2.05) is 18.2 Å². The monoisotopic (exact) mass is 285 g/mol. The molecule has 2 aromatic rings. The van der Waals surface area contributed by atoms with Gasteiger partial charge in [0.25, 0.3) is 0 Å². The molecular formula is C16H20BNO3. The predicted molar refractivity (Wildman–Crippen MR) is 84.0 cm³/mol. The molecule has 0 spiro atoms. The van der Waals surface area contributed by atoms with Crippen LogP contribution in [-0.2, 0) is 9.31 Å². The van der Waals surface area contributed by atoms with Crippen molar-refractivity contribution in [3.05, 3.63) is 30.5 Å². The lowest BCUT2D eigenvalue weighted by atomic mass is 9.78. The van der Waals surface area contributed by atoms with Crippen LogP contribution in [0.15, 0.2) is 30.5 Å². The van der Waals surface area contributed by atoms with Gasteiger partial charge in [-0.15, -0.1) is 0 Å². The van der Waals surface area contributed by atoms with Gasteiger partial charge in [-0.2, -0.15) is 0 Å². The smallest absolute Gasteiger partial charge is 0.481 e. The molecule has 3 rings (SSSR count). The predicted octanol–water partition coefficient (Wildman–Crippen LogP) is 2.54. The number of benzene rings is 1. The average Bonchev–Trinajstić information content (AvgIpc) is 2.66. The van der Waals surface area contributed by atoms with Crippen LogP contribution in [0, 0.1) is 0 Å². The number of ether oxygens (including phenoxy) is 1. The first-order valence-electron chi connectivity index (χ1n) is 7.12. The summed E-state index contributed by atoms with van der Waals surface area (Å²) in [5.41, 5.74) is 0.347. The first kappa shape index (κ1) is 14.4. The highest BCUT2D eigenvalue weighted by molar-refractivity contribution is 6.62.